The third-order valence-electron chi connectivity index (χ3n) is 2.44. The van der Waals surface area contributed by atoms with E-state index in [4.69, 9.17) is 11.6 Å². The van der Waals surface area contributed by atoms with Gasteiger partial charge in [0.1, 0.15) is 0 Å². The molecule has 1 fully saturated rings. The molecule has 14 heavy (non-hydrogen) atoms. The van der Waals surface area contributed by atoms with Crippen LogP contribution in [0.3, 0.4) is 0 Å². The first kappa shape index (κ1) is 9.53. The van der Waals surface area contributed by atoms with Gasteiger partial charge in [-0.05, 0) is 18.6 Å². The Balaban J connectivity index is 2.10. The zero-order valence-corrected chi connectivity index (χ0v) is 8.57. The van der Waals surface area contributed by atoms with E-state index in [1.165, 1.54) is 0 Å². The molecule has 1 amide bonds. The molecule has 2 rings (SSSR count). The average molecular weight is 210 g/mol. The number of likely N-dealkylation sites (tertiary alicyclic amines) is 1. The van der Waals surface area contributed by atoms with Crippen LogP contribution in [0.5, 0.6) is 0 Å². The number of nitrogens with zero attached hydrogens (tertiary/aromatic N) is 1. The van der Waals surface area contributed by atoms with E-state index in [0.717, 1.165) is 18.5 Å². The monoisotopic (exact) mass is 209 g/mol. The summed E-state index contributed by atoms with van der Waals surface area (Å²) >= 11 is 5.94. The van der Waals surface area contributed by atoms with Gasteiger partial charge in [0.05, 0.1) is 5.38 Å². The molecule has 0 N–H and O–H groups in total. The first-order chi connectivity index (χ1) is 6.77. The van der Waals surface area contributed by atoms with Gasteiger partial charge in [0, 0.05) is 18.7 Å². The van der Waals surface area contributed by atoms with Crippen LogP contribution in [0.15, 0.2) is 30.3 Å². The fourth-order valence-corrected chi connectivity index (χ4v) is 1.93. The first-order valence-electron chi connectivity index (χ1n) is 4.76. The van der Waals surface area contributed by atoms with Crippen LogP contribution in [0.25, 0.3) is 0 Å². The Morgan fingerprint density at radius 1 is 1.36 bits per heavy atom. The van der Waals surface area contributed by atoms with Crippen LogP contribution in [0.4, 0.5) is 0 Å². The Bertz CT molecular complexity index is 325. The zero-order chi connectivity index (χ0) is 9.97. The fourth-order valence-electron chi connectivity index (χ4n) is 1.67. The van der Waals surface area contributed by atoms with Gasteiger partial charge in [-0.1, -0.05) is 18.2 Å². The van der Waals surface area contributed by atoms with Crippen molar-refractivity contribution in [3.8, 4) is 0 Å². The van der Waals surface area contributed by atoms with E-state index in [0.29, 0.717) is 6.54 Å². The van der Waals surface area contributed by atoms with Crippen molar-refractivity contribution in [2.24, 2.45) is 0 Å². The summed E-state index contributed by atoms with van der Waals surface area (Å²) in [5.74, 6) is 0.0914. The number of hydrogen-bond acceptors (Lipinski definition) is 1. The van der Waals surface area contributed by atoms with Crippen molar-refractivity contribution >= 4 is 17.5 Å². The topological polar surface area (TPSA) is 20.3 Å². The van der Waals surface area contributed by atoms with Gasteiger partial charge in [-0.15, -0.1) is 11.6 Å². The lowest BCUT2D eigenvalue weighted by Gasteiger charge is -2.15. The Labute approximate surface area is 88.5 Å². The highest BCUT2D eigenvalue weighted by Gasteiger charge is 2.24. The number of carbonyl (C=O) groups is 1. The van der Waals surface area contributed by atoms with Crippen LogP contribution in [0.2, 0.25) is 0 Å². The predicted octanol–water partition coefficient (Wildman–Crippen LogP) is 2.14. The lowest BCUT2D eigenvalue weighted by Crippen LogP contribution is -2.28. The van der Waals surface area contributed by atoms with Gasteiger partial charge in [-0.25, -0.2) is 0 Å². The van der Waals surface area contributed by atoms with Gasteiger partial charge in [0.15, 0.2) is 0 Å². The summed E-state index contributed by atoms with van der Waals surface area (Å²) in [5.41, 5.74) is 0.748. The average Bonchev–Trinajstić information content (AvgIpc) is 2.65. The van der Waals surface area contributed by atoms with Gasteiger partial charge in [0.2, 0.25) is 0 Å². The molecule has 0 saturated carbocycles. The van der Waals surface area contributed by atoms with E-state index in [9.17, 15) is 4.79 Å². The molecular weight excluding hydrogens is 198 g/mol. The van der Waals surface area contributed by atoms with Gasteiger partial charge < -0.3 is 4.90 Å². The maximum atomic E-state index is 11.9. The Kier molecular flexibility index (Phi) is 2.73. The molecule has 1 aromatic rings. The van der Waals surface area contributed by atoms with Gasteiger partial charge >= 0.3 is 0 Å². The molecule has 1 unspecified atom stereocenters. The van der Waals surface area contributed by atoms with Crippen LogP contribution in [-0.4, -0.2) is 29.3 Å². The minimum absolute atomic E-state index is 0.0914. The molecular formula is C11H12ClNO. The zero-order valence-electron chi connectivity index (χ0n) is 7.82. The molecule has 1 aliphatic heterocycles. The highest BCUT2D eigenvalue weighted by molar-refractivity contribution is 6.21. The molecule has 1 aliphatic rings. The fraction of sp³-hybridized carbons (Fsp3) is 0.364. The lowest BCUT2D eigenvalue weighted by atomic mass is 10.2. The highest BCUT2D eigenvalue weighted by atomic mass is 35.5. The van der Waals surface area contributed by atoms with Crippen molar-refractivity contribution in [2.75, 3.05) is 13.1 Å². The molecule has 0 aliphatic carbocycles. The molecule has 74 valence electrons. The quantitative estimate of drug-likeness (QED) is 0.649. The smallest absolute Gasteiger partial charge is 0.253 e. The molecule has 2 nitrogen and oxygen atoms in total. The van der Waals surface area contributed by atoms with Crippen molar-refractivity contribution in [3.05, 3.63) is 35.9 Å². The van der Waals surface area contributed by atoms with E-state index in [2.05, 4.69) is 0 Å². The summed E-state index contributed by atoms with van der Waals surface area (Å²) < 4.78 is 0. The summed E-state index contributed by atoms with van der Waals surface area (Å²) in [5, 5.41) is 0.127. The van der Waals surface area contributed by atoms with Crippen LogP contribution < -0.4 is 0 Å². The second-order valence-electron chi connectivity index (χ2n) is 3.50. The number of carbonyl (C=O) groups excluding carboxylic acids is 1. The minimum Gasteiger partial charge on any atom is -0.337 e. The number of benzene rings is 1. The Hall–Kier alpha value is -1.02. The second-order valence-corrected chi connectivity index (χ2v) is 4.12. The number of rotatable bonds is 1. The van der Waals surface area contributed by atoms with E-state index >= 15 is 0 Å². The van der Waals surface area contributed by atoms with Gasteiger partial charge in [-0.2, -0.15) is 0 Å². The van der Waals surface area contributed by atoms with E-state index in [1.54, 1.807) is 0 Å². The van der Waals surface area contributed by atoms with Crippen molar-refractivity contribution in [1.29, 1.82) is 0 Å². The third kappa shape index (κ3) is 1.90. The van der Waals surface area contributed by atoms with E-state index < -0.39 is 0 Å². The molecule has 0 spiro atoms. The molecule has 0 aromatic heterocycles. The Morgan fingerprint density at radius 3 is 2.64 bits per heavy atom. The SMILES string of the molecule is O=C(c1ccccc1)N1CCC(Cl)C1. The Morgan fingerprint density at radius 2 is 2.07 bits per heavy atom. The lowest BCUT2D eigenvalue weighted by molar-refractivity contribution is 0.0793. The maximum absolute atomic E-state index is 11.9. The normalized spacial score (nSPS) is 21.2. The standard InChI is InChI=1S/C11H12ClNO/c12-10-6-7-13(8-10)11(14)9-4-2-1-3-5-9/h1-5,10H,6-8H2. The van der Waals surface area contributed by atoms with Crippen LogP contribution in [0, 0.1) is 0 Å². The van der Waals surface area contributed by atoms with Crippen LogP contribution in [-0.2, 0) is 0 Å². The molecule has 0 bridgehead atoms. The maximum Gasteiger partial charge on any atom is 0.253 e. The molecule has 1 atom stereocenters. The van der Waals surface area contributed by atoms with Crippen LogP contribution in [0.1, 0.15) is 16.8 Å². The molecule has 1 saturated heterocycles. The summed E-state index contributed by atoms with van der Waals surface area (Å²) in [6.07, 6.45) is 0.903. The van der Waals surface area contributed by atoms with Crippen molar-refractivity contribution in [3.63, 3.8) is 0 Å². The third-order valence-corrected chi connectivity index (χ3v) is 2.79. The van der Waals surface area contributed by atoms with E-state index in [1.807, 2.05) is 35.2 Å². The summed E-state index contributed by atoms with van der Waals surface area (Å²) in [6, 6.07) is 9.34. The summed E-state index contributed by atoms with van der Waals surface area (Å²) in [7, 11) is 0. The van der Waals surface area contributed by atoms with Crippen molar-refractivity contribution in [1.82, 2.24) is 4.90 Å². The number of hydrogen-bond donors (Lipinski definition) is 0. The number of alkyl halides is 1. The molecule has 3 heteroatoms. The van der Waals surface area contributed by atoms with Crippen LogP contribution >= 0.6 is 11.6 Å². The molecule has 1 heterocycles. The first-order valence-corrected chi connectivity index (χ1v) is 5.19. The van der Waals surface area contributed by atoms with Crippen molar-refractivity contribution < 1.29 is 4.79 Å². The second kappa shape index (κ2) is 4.01. The molecule has 0 radical (unpaired) electrons. The largest absolute Gasteiger partial charge is 0.337 e. The molecule has 1 aromatic carbocycles. The number of amides is 1. The predicted molar refractivity (Wildman–Crippen MR) is 56.6 cm³/mol. The van der Waals surface area contributed by atoms with Gasteiger partial charge in [0.25, 0.3) is 5.91 Å². The summed E-state index contributed by atoms with van der Waals surface area (Å²) in [4.78, 5) is 13.7. The summed E-state index contributed by atoms with van der Waals surface area (Å²) in [6.45, 7) is 1.46. The van der Waals surface area contributed by atoms with E-state index in [-0.39, 0.29) is 11.3 Å². The highest BCUT2D eigenvalue weighted by Crippen LogP contribution is 2.17. The van der Waals surface area contributed by atoms with Gasteiger partial charge in [-0.3, -0.25) is 4.79 Å². The van der Waals surface area contributed by atoms with Crippen molar-refractivity contribution in [2.45, 2.75) is 11.8 Å². The number of halogens is 1. The minimum atomic E-state index is 0.0914.